The minimum atomic E-state index is 0.597. The Hall–Kier alpha value is -6.43. The zero-order chi connectivity index (χ0) is 32.8. The van der Waals surface area contributed by atoms with Gasteiger partial charge >= 0.3 is 0 Å². The maximum atomic E-state index is 5.35. The summed E-state index contributed by atoms with van der Waals surface area (Å²) < 4.78 is 4.81. The Labute approximate surface area is 290 Å². The van der Waals surface area contributed by atoms with Crippen molar-refractivity contribution in [2.24, 2.45) is 0 Å². The second-order valence-corrected chi connectivity index (χ2v) is 13.9. The highest BCUT2D eigenvalue weighted by Gasteiger charge is 2.23. The molecule has 8 aromatic carbocycles. The first-order chi connectivity index (χ1) is 24.8. The molecule has 0 N–H and O–H groups in total. The molecule has 0 saturated heterocycles. The minimum Gasteiger partial charge on any atom is -0.277 e. The van der Waals surface area contributed by atoms with E-state index in [2.05, 4.69) is 144 Å². The Morgan fingerprint density at radius 1 is 0.400 bits per heavy atom. The van der Waals surface area contributed by atoms with Crippen molar-refractivity contribution < 1.29 is 0 Å². The van der Waals surface area contributed by atoms with Gasteiger partial charge in [0.05, 0.1) is 11.0 Å². The van der Waals surface area contributed by atoms with E-state index in [0.717, 1.165) is 27.5 Å². The maximum Gasteiger partial charge on any atom is 0.238 e. The molecule has 3 aromatic heterocycles. The second-order valence-electron chi connectivity index (χ2n) is 12.8. The van der Waals surface area contributed by atoms with Gasteiger partial charge in [0.25, 0.3) is 0 Å². The average Bonchev–Trinajstić information content (AvgIpc) is 3.75. The van der Waals surface area contributed by atoms with E-state index in [1.54, 1.807) is 0 Å². The van der Waals surface area contributed by atoms with Gasteiger partial charge in [-0.15, -0.1) is 11.3 Å². The number of thiophene rings is 1. The first-order valence-electron chi connectivity index (χ1n) is 16.8. The molecule has 0 bridgehead atoms. The van der Waals surface area contributed by atoms with Crippen LogP contribution in [-0.2, 0) is 0 Å². The largest absolute Gasteiger partial charge is 0.277 e. The van der Waals surface area contributed by atoms with Crippen LogP contribution in [0.3, 0.4) is 0 Å². The molecule has 0 spiro atoms. The number of aromatic nitrogens is 4. The summed E-state index contributed by atoms with van der Waals surface area (Å²) in [4.78, 5) is 15.8. The molecule has 11 aromatic rings. The van der Waals surface area contributed by atoms with Gasteiger partial charge in [0.2, 0.25) is 5.95 Å². The molecule has 0 saturated carbocycles. The van der Waals surface area contributed by atoms with Crippen LogP contribution >= 0.6 is 11.3 Å². The van der Waals surface area contributed by atoms with E-state index >= 15 is 0 Å². The highest BCUT2D eigenvalue weighted by Crippen LogP contribution is 2.44. The first kappa shape index (κ1) is 27.5. The lowest BCUT2D eigenvalue weighted by Crippen LogP contribution is -2.06. The van der Waals surface area contributed by atoms with Crippen molar-refractivity contribution in [1.82, 2.24) is 19.5 Å². The van der Waals surface area contributed by atoms with Crippen molar-refractivity contribution in [2.75, 3.05) is 0 Å². The minimum absolute atomic E-state index is 0.597. The van der Waals surface area contributed by atoms with Gasteiger partial charge in [-0.3, -0.25) is 4.57 Å². The van der Waals surface area contributed by atoms with Gasteiger partial charge in [-0.2, -0.15) is 9.97 Å². The SMILES string of the molecule is c1ccc(-c2nc(-c3ccc4sc5ccccc5c4c3)nc(-n3c4ccc5ccccc5c4c4c5ccccc5c5ccccc5c43)n2)cc1. The third-order valence-electron chi connectivity index (χ3n) is 10.0. The topological polar surface area (TPSA) is 43.6 Å². The number of benzene rings is 8. The molecule has 0 aliphatic heterocycles. The summed E-state index contributed by atoms with van der Waals surface area (Å²) >= 11 is 1.82. The number of hydrogen-bond acceptors (Lipinski definition) is 4. The van der Waals surface area contributed by atoms with E-state index in [1.807, 2.05) is 29.5 Å². The second kappa shape index (κ2) is 10.5. The van der Waals surface area contributed by atoms with Crippen LogP contribution in [0.4, 0.5) is 0 Å². The van der Waals surface area contributed by atoms with Gasteiger partial charge in [0, 0.05) is 47.5 Å². The van der Waals surface area contributed by atoms with Crippen LogP contribution in [0.25, 0.3) is 103 Å². The molecule has 0 unspecified atom stereocenters. The van der Waals surface area contributed by atoms with E-state index in [9.17, 15) is 0 Å². The Kier molecular flexibility index (Phi) is 5.80. The third-order valence-corrected chi connectivity index (χ3v) is 11.2. The van der Waals surface area contributed by atoms with Gasteiger partial charge in [-0.05, 0) is 57.3 Å². The summed E-state index contributed by atoms with van der Waals surface area (Å²) in [6, 6.07) is 56.0. The fourth-order valence-electron chi connectivity index (χ4n) is 7.82. The summed E-state index contributed by atoms with van der Waals surface area (Å²) in [5.41, 5.74) is 4.07. The zero-order valence-corrected chi connectivity index (χ0v) is 27.5. The molecule has 0 fully saturated rings. The van der Waals surface area contributed by atoms with Crippen LogP contribution in [-0.4, -0.2) is 19.5 Å². The first-order valence-corrected chi connectivity index (χ1v) is 17.6. The van der Waals surface area contributed by atoms with E-state index < -0.39 is 0 Å². The molecule has 0 amide bonds. The summed E-state index contributed by atoms with van der Waals surface area (Å²) in [5, 5.41) is 12.1. The van der Waals surface area contributed by atoms with Crippen molar-refractivity contribution in [3.05, 3.63) is 158 Å². The molecule has 4 nitrogen and oxygen atoms in total. The van der Waals surface area contributed by atoms with Crippen molar-refractivity contribution >= 4 is 85.6 Å². The van der Waals surface area contributed by atoms with Crippen molar-refractivity contribution in [3.63, 3.8) is 0 Å². The Morgan fingerprint density at radius 3 is 1.84 bits per heavy atom. The van der Waals surface area contributed by atoms with Crippen LogP contribution in [0.1, 0.15) is 0 Å². The summed E-state index contributed by atoms with van der Waals surface area (Å²) in [5.74, 6) is 1.88. The normalized spacial score (nSPS) is 12.0. The molecule has 3 heterocycles. The molecule has 50 heavy (non-hydrogen) atoms. The smallest absolute Gasteiger partial charge is 0.238 e. The summed E-state index contributed by atoms with van der Waals surface area (Å²) in [6.07, 6.45) is 0. The molecule has 0 aliphatic carbocycles. The molecular formula is C45H26N4S. The number of rotatable bonds is 3. The highest BCUT2D eigenvalue weighted by molar-refractivity contribution is 7.25. The standard InChI is InChI=1S/C45H26N4S/c1-2-13-28(14-3-1)43-46-44(29-23-25-39-36(26-29)33-18-10-11-21-38(33)50-39)48-45(47-43)49-37-24-22-27-12-4-5-15-30(27)40(37)41-34-19-8-6-16-31(34)32-17-7-9-20-35(32)42(41)49/h1-26H. The predicted molar refractivity (Wildman–Crippen MR) is 210 cm³/mol. The molecule has 5 heteroatoms. The molecule has 11 rings (SSSR count). The van der Waals surface area contributed by atoms with E-state index in [4.69, 9.17) is 15.0 Å². The number of fused-ring (bicyclic) bond motifs is 13. The lowest BCUT2D eigenvalue weighted by atomic mass is 9.95. The van der Waals surface area contributed by atoms with Gasteiger partial charge in [-0.25, -0.2) is 4.98 Å². The van der Waals surface area contributed by atoms with E-state index in [-0.39, 0.29) is 0 Å². The lowest BCUT2D eigenvalue weighted by Gasteiger charge is -2.13. The fraction of sp³-hybridized carbons (Fsp3) is 0. The van der Waals surface area contributed by atoms with Crippen LogP contribution in [0, 0.1) is 0 Å². The van der Waals surface area contributed by atoms with Crippen LogP contribution in [0.5, 0.6) is 0 Å². The predicted octanol–water partition coefficient (Wildman–Crippen LogP) is 12.1. The Balaban J connectivity index is 1.31. The monoisotopic (exact) mass is 654 g/mol. The molecule has 0 aliphatic rings. The average molecular weight is 655 g/mol. The van der Waals surface area contributed by atoms with Crippen molar-refractivity contribution in [3.8, 4) is 28.7 Å². The van der Waals surface area contributed by atoms with Gasteiger partial charge in [-0.1, -0.05) is 127 Å². The van der Waals surface area contributed by atoms with Gasteiger partial charge < -0.3 is 0 Å². The summed E-state index contributed by atoms with van der Waals surface area (Å²) in [6.45, 7) is 0. The lowest BCUT2D eigenvalue weighted by molar-refractivity contribution is 0.955. The molecular weight excluding hydrogens is 629 g/mol. The van der Waals surface area contributed by atoms with Crippen molar-refractivity contribution in [1.29, 1.82) is 0 Å². The van der Waals surface area contributed by atoms with Crippen molar-refractivity contribution in [2.45, 2.75) is 0 Å². The summed E-state index contributed by atoms with van der Waals surface area (Å²) in [7, 11) is 0. The fourth-order valence-corrected chi connectivity index (χ4v) is 8.91. The molecule has 232 valence electrons. The van der Waals surface area contributed by atoms with Gasteiger partial charge in [0.15, 0.2) is 11.6 Å². The number of nitrogens with zero attached hydrogens (tertiary/aromatic N) is 4. The van der Waals surface area contributed by atoms with E-state index in [0.29, 0.717) is 17.6 Å². The van der Waals surface area contributed by atoms with E-state index in [1.165, 1.54) is 57.9 Å². The highest BCUT2D eigenvalue weighted by atomic mass is 32.1. The van der Waals surface area contributed by atoms with Crippen LogP contribution in [0.2, 0.25) is 0 Å². The van der Waals surface area contributed by atoms with Gasteiger partial charge in [0.1, 0.15) is 0 Å². The maximum absolute atomic E-state index is 5.35. The van der Waals surface area contributed by atoms with Crippen LogP contribution < -0.4 is 0 Å². The third kappa shape index (κ3) is 3.95. The Morgan fingerprint density at radius 2 is 1.02 bits per heavy atom. The quantitative estimate of drug-likeness (QED) is 0.178. The zero-order valence-electron chi connectivity index (χ0n) is 26.7. The Bertz CT molecular complexity index is 3160. The molecule has 0 atom stereocenters. The van der Waals surface area contributed by atoms with Crippen LogP contribution in [0.15, 0.2) is 158 Å². The number of hydrogen-bond donors (Lipinski definition) is 0. The molecule has 0 radical (unpaired) electrons.